The second-order valence-corrected chi connectivity index (χ2v) is 5.55. The molecule has 1 saturated heterocycles. The Morgan fingerprint density at radius 1 is 1.21 bits per heavy atom. The van der Waals surface area contributed by atoms with Gasteiger partial charge in [0.2, 0.25) is 0 Å². The average molecular weight is 348 g/mol. The molecule has 140 valence electrons. The molecular formula is C16H28O8. The fraction of sp³-hybridized carbons (Fsp3) is 0.812. The van der Waals surface area contributed by atoms with E-state index in [4.69, 9.17) is 14.2 Å². The fourth-order valence-corrected chi connectivity index (χ4v) is 2.42. The van der Waals surface area contributed by atoms with Gasteiger partial charge >= 0.3 is 5.97 Å². The summed E-state index contributed by atoms with van der Waals surface area (Å²) in [5.74, 6) is -0.246. The first-order valence-corrected chi connectivity index (χ1v) is 8.08. The Labute approximate surface area is 142 Å². The second-order valence-electron chi connectivity index (χ2n) is 5.55. The number of aliphatic hydroxyl groups excluding tert-OH is 3. The zero-order valence-electron chi connectivity index (χ0n) is 14.0. The van der Waals surface area contributed by atoms with Crippen molar-refractivity contribution in [2.24, 2.45) is 0 Å². The molecule has 1 rings (SSSR count). The van der Waals surface area contributed by atoms with Gasteiger partial charge in [0, 0.05) is 13.0 Å². The van der Waals surface area contributed by atoms with Gasteiger partial charge in [0.15, 0.2) is 6.29 Å². The summed E-state index contributed by atoms with van der Waals surface area (Å²) in [7, 11) is 1.35. The van der Waals surface area contributed by atoms with Crippen molar-refractivity contribution < 1.29 is 39.1 Å². The second kappa shape index (κ2) is 11.5. The highest BCUT2D eigenvalue weighted by atomic mass is 16.7. The first-order valence-electron chi connectivity index (χ1n) is 8.08. The Morgan fingerprint density at radius 3 is 2.58 bits per heavy atom. The van der Waals surface area contributed by atoms with Crippen LogP contribution in [0.15, 0.2) is 12.7 Å². The maximum atomic E-state index is 11.0. The number of aliphatic hydroxyl groups is 3. The third-order valence-corrected chi connectivity index (χ3v) is 3.76. The molecule has 0 unspecified atom stereocenters. The van der Waals surface area contributed by atoms with Crippen molar-refractivity contribution in [2.45, 2.75) is 56.4 Å². The quantitative estimate of drug-likeness (QED) is 0.266. The molecule has 0 saturated carbocycles. The molecule has 1 fully saturated rings. The Hall–Kier alpha value is -1.03. The van der Waals surface area contributed by atoms with Gasteiger partial charge in [-0.1, -0.05) is 12.5 Å². The largest absolute Gasteiger partial charge is 0.469 e. The fourth-order valence-electron chi connectivity index (χ4n) is 2.42. The predicted molar refractivity (Wildman–Crippen MR) is 84.1 cm³/mol. The average Bonchev–Trinajstić information content (AvgIpc) is 2.59. The van der Waals surface area contributed by atoms with Crippen LogP contribution in [0.3, 0.4) is 0 Å². The molecule has 8 heteroatoms. The highest BCUT2D eigenvalue weighted by Crippen LogP contribution is 2.24. The van der Waals surface area contributed by atoms with Crippen molar-refractivity contribution in [2.75, 3.05) is 26.9 Å². The van der Waals surface area contributed by atoms with Crippen molar-refractivity contribution >= 4 is 5.97 Å². The van der Waals surface area contributed by atoms with E-state index in [-0.39, 0.29) is 12.6 Å². The molecule has 0 radical (unpaired) electrons. The van der Waals surface area contributed by atoms with E-state index in [9.17, 15) is 20.1 Å². The van der Waals surface area contributed by atoms with Crippen molar-refractivity contribution in [3.05, 3.63) is 12.7 Å². The molecule has 8 nitrogen and oxygen atoms in total. The lowest BCUT2D eigenvalue weighted by molar-refractivity contribution is -0.306. The Bertz CT molecular complexity index is 375. The Morgan fingerprint density at radius 2 is 1.96 bits per heavy atom. The number of hydrogen-bond acceptors (Lipinski definition) is 8. The van der Waals surface area contributed by atoms with E-state index in [1.807, 2.05) is 0 Å². The van der Waals surface area contributed by atoms with Crippen LogP contribution in [0, 0.1) is 0 Å². The molecule has 3 N–H and O–H groups in total. The van der Waals surface area contributed by atoms with Gasteiger partial charge in [-0.2, -0.15) is 0 Å². The molecule has 0 amide bonds. The summed E-state index contributed by atoms with van der Waals surface area (Å²) in [6, 6.07) is 0. The topological polar surface area (TPSA) is 115 Å². The highest BCUT2D eigenvalue weighted by Gasteiger charge is 2.45. The molecule has 24 heavy (non-hydrogen) atoms. The molecule has 0 aromatic rings. The molecule has 1 aliphatic rings. The number of carbonyl (C=O) groups excluding carboxylic acids is 1. The summed E-state index contributed by atoms with van der Waals surface area (Å²) < 4.78 is 20.8. The smallest absolute Gasteiger partial charge is 0.305 e. The van der Waals surface area contributed by atoms with E-state index >= 15 is 0 Å². The van der Waals surface area contributed by atoms with Crippen LogP contribution in [0.2, 0.25) is 0 Å². The van der Waals surface area contributed by atoms with Crippen molar-refractivity contribution in [3.63, 3.8) is 0 Å². The van der Waals surface area contributed by atoms with E-state index in [0.717, 1.165) is 6.42 Å². The molecule has 5 atom stereocenters. The summed E-state index contributed by atoms with van der Waals surface area (Å²) in [4.78, 5) is 11.0. The van der Waals surface area contributed by atoms with Gasteiger partial charge in [0.05, 0.1) is 20.3 Å². The van der Waals surface area contributed by atoms with E-state index < -0.39 is 37.3 Å². The summed E-state index contributed by atoms with van der Waals surface area (Å²) in [5, 5.41) is 29.6. The summed E-state index contributed by atoms with van der Waals surface area (Å²) in [5.41, 5.74) is 0. The molecule has 1 heterocycles. The maximum Gasteiger partial charge on any atom is 0.305 e. The van der Waals surface area contributed by atoms with Crippen LogP contribution in [0.1, 0.15) is 25.7 Å². The monoisotopic (exact) mass is 348 g/mol. The molecule has 1 aliphatic heterocycles. The van der Waals surface area contributed by atoms with Gasteiger partial charge in [0.1, 0.15) is 24.4 Å². The Balaban J connectivity index is 2.39. The molecule has 0 bridgehead atoms. The number of esters is 1. The zero-order valence-corrected chi connectivity index (χ0v) is 14.0. The van der Waals surface area contributed by atoms with Crippen LogP contribution in [-0.4, -0.2) is 78.9 Å². The Kier molecular flexibility index (Phi) is 10.1. The minimum absolute atomic E-state index is 0.150. The lowest BCUT2D eigenvalue weighted by Crippen LogP contribution is -2.60. The first kappa shape index (κ1) is 21.0. The number of carbonyl (C=O) groups is 1. The minimum atomic E-state index is -1.18. The number of unbranched alkanes of at least 4 members (excludes halogenated alkanes) is 2. The van der Waals surface area contributed by atoms with Crippen LogP contribution >= 0.6 is 0 Å². The summed E-state index contributed by atoms with van der Waals surface area (Å²) >= 11 is 0. The van der Waals surface area contributed by atoms with Crippen LogP contribution in [0.4, 0.5) is 0 Å². The van der Waals surface area contributed by atoms with Crippen molar-refractivity contribution in [1.82, 2.24) is 0 Å². The normalized spacial score (nSPS) is 30.1. The zero-order chi connectivity index (χ0) is 17.9. The van der Waals surface area contributed by atoms with Gasteiger partial charge in [-0.3, -0.25) is 4.79 Å². The summed E-state index contributed by atoms with van der Waals surface area (Å²) in [6.45, 7) is 3.56. The van der Waals surface area contributed by atoms with Crippen molar-refractivity contribution in [3.8, 4) is 0 Å². The number of hydrogen-bond donors (Lipinski definition) is 3. The standard InChI is InChI=1S/C16H28O8/c1-3-8-22-15-13(19)11(10-17)24-16(14(15)20)23-9-6-4-5-7-12(18)21-2/h3,11,13-17,19-20H,1,4-10H2,2H3/t11-,13+,14-,15+,16-/m1/s1. The molecular weight excluding hydrogens is 320 g/mol. The summed E-state index contributed by atoms with van der Waals surface area (Å²) in [6.07, 6.45) is -1.19. The maximum absolute atomic E-state index is 11.0. The van der Waals surface area contributed by atoms with Crippen LogP contribution in [0.5, 0.6) is 0 Å². The van der Waals surface area contributed by atoms with Crippen molar-refractivity contribution in [1.29, 1.82) is 0 Å². The minimum Gasteiger partial charge on any atom is -0.469 e. The van der Waals surface area contributed by atoms with Gasteiger partial charge in [-0.05, 0) is 12.8 Å². The third-order valence-electron chi connectivity index (χ3n) is 3.76. The lowest BCUT2D eigenvalue weighted by Gasteiger charge is -2.41. The third kappa shape index (κ3) is 6.46. The van der Waals surface area contributed by atoms with Crippen LogP contribution in [0.25, 0.3) is 0 Å². The van der Waals surface area contributed by atoms with E-state index in [2.05, 4.69) is 11.3 Å². The van der Waals surface area contributed by atoms with Crippen LogP contribution in [-0.2, 0) is 23.7 Å². The highest BCUT2D eigenvalue weighted by molar-refractivity contribution is 5.68. The number of rotatable bonds is 11. The molecule has 0 aromatic heterocycles. The lowest BCUT2D eigenvalue weighted by atomic mass is 9.99. The van der Waals surface area contributed by atoms with Gasteiger partial charge in [-0.15, -0.1) is 6.58 Å². The molecule has 0 aromatic carbocycles. The van der Waals surface area contributed by atoms with Gasteiger partial charge < -0.3 is 34.3 Å². The molecule has 0 aliphatic carbocycles. The van der Waals surface area contributed by atoms with Gasteiger partial charge in [-0.25, -0.2) is 0 Å². The van der Waals surface area contributed by atoms with Gasteiger partial charge in [0.25, 0.3) is 0 Å². The number of ether oxygens (including phenoxy) is 4. The van der Waals surface area contributed by atoms with Crippen LogP contribution < -0.4 is 0 Å². The predicted octanol–water partition coefficient (Wildman–Crippen LogP) is -0.253. The van der Waals surface area contributed by atoms with E-state index in [1.165, 1.54) is 13.2 Å². The van der Waals surface area contributed by atoms with E-state index in [0.29, 0.717) is 25.9 Å². The molecule has 0 spiro atoms. The number of methoxy groups -OCH3 is 1. The van der Waals surface area contributed by atoms with E-state index in [1.54, 1.807) is 0 Å². The first-order chi connectivity index (χ1) is 11.5. The SMILES string of the molecule is C=CCO[C@H]1[C@@H](O)[C@@H](CO)O[C@@H](OCCCCCC(=O)OC)[C@@H]1O.